The van der Waals surface area contributed by atoms with Crippen molar-refractivity contribution in [1.29, 1.82) is 0 Å². The molecule has 0 aliphatic rings. The van der Waals surface area contributed by atoms with Crippen LogP contribution in [0.2, 0.25) is 0 Å². The summed E-state index contributed by atoms with van der Waals surface area (Å²) < 4.78 is 0. The van der Waals surface area contributed by atoms with Gasteiger partial charge in [0.05, 0.1) is 12.6 Å². The first-order valence-corrected chi connectivity index (χ1v) is 6.85. The van der Waals surface area contributed by atoms with Crippen LogP contribution >= 0.6 is 11.3 Å². The molecular formula is C14H18N2OS. The van der Waals surface area contributed by atoms with Crippen molar-refractivity contribution in [2.24, 2.45) is 0 Å². The number of thiophene rings is 1. The van der Waals surface area contributed by atoms with Crippen molar-refractivity contribution < 1.29 is 5.11 Å². The van der Waals surface area contributed by atoms with Crippen LogP contribution in [0.15, 0.2) is 29.6 Å². The molecule has 0 saturated carbocycles. The minimum atomic E-state index is 0.0449. The normalized spacial score (nSPS) is 12.4. The molecule has 4 heteroatoms. The summed E-state index contributed by atoms with van der Waals surface area (Å²) in [5.74, 6) is 0.936. The van der Waals surface area contributed by atoms with Gasteiger partial charge < -0.3 is 10.0 Å². The first kappa shape index (κ1) is 13.1. The van der Waals surface area contributed by atoms with E-state index in [1.807, 2.05) is 26.1 Å². The van der Waals surface area contributed by atoms with Crippen LogP contribution in [0.1, 0.15) is 29.1 Å². The molecule has 0 spiro atoms. The lowest BCUT2D eigenvalue weighted by Crippen LogP contribution is -2.22. The zero-order valence-electron chi connectivity index (χ0n) is 10.9. The van der Waals surface area contributed by atoms with E-state index in [4.69, 9.17) is 5.11 Å². The fourth-order valence-corrected chi connectivity index (χ4v) is 2.68. The van der Waals surface area contributed by atoms with E-state index in [0.29, 0.717) is 6.04 Å². The molecule has 0 saturated heterocycles. The summed E-state index contributed by atoms with van der Waals surface area (Å²) in [5.41, 5.74) is 1.77. The highest BCUT2D eigenvalue weighted by Gasteiger charge is 2.14. The van der Waals surface area contributed by atoms with Gasteiger partial charge in [-0.3, -0.25) is 0 Å². The number of hydrogen-bond acceptors (Lipinski definition) is 4. The number of aryl methyl sites for hydroxylation is 1. The number of rotatable bonds is 4. The van der Waals surface area contributed by atoms with Gasteiger partial charge in [-0.05, 0) is 36.9 Å². The molecule has 0 radical (unpaired) electrons. The lowest BCUT2D eigenvalue weighted by molar-refractivity contribution is 0.280. The lowest BCUT2D eigenvalue weighted by Gasteiger charge is -2.25. The molecule has 0 fully saturated rings. The molecule has 3 nitrogen and oxygen atoms in total. The first-order chi connectivity index (χ1) is 8.63. The minimum Gasteiger partial charge on any atom is -0.392 e. The van der Waals surface area contributed by atoms with Crippen molar-refractivity contribution in [1.82, 2.24) is 4.98 Å². The fraction of sp³-hybridized carbons (Fsp3) is 0.357. The van der Waals surface area contributed by atoms with Gasteiger partial charge in [-0.15, -0.1) is 11.3 Å². The Hall–Kier alpha value is -1.39. The maximum Gasteiger partial charge on any atom is 0.129 e. The van der Waals surface area contributed by atoms with E-state index in [1.165, 1.54) is 4.88 Å². The summed E-state index contributed by atoms with van der Waals surface area (Å²) in [7, 11) is 2.05. The van der Waals surface area contributed by atoms with Gasteiger partial charge in [0.15, 0.2) is 0 Å². The number of anilines is 1. The molecule has 1 N–H and O–H groups in total. The highest BCUT2D eigenvalue weighted by molar-refractivity contribution is 7.10. The molecule has 0 amide bonds. The third-order valence-electron chi connectivity index (χ3n) is 3.25. The van der Waals surface area contributed by atoms with Gasteiger partial charge in [0.2, 0.25) is 0 Å². The Morgan fingerprint density at radius 2 is 2.17 bits per heavy atom. The number of nitrogens with zero attached hydrogens (tertiary/aromatic N) is 2. The number of aromatic nitrogens is 1. The second kappa shape index (κ2) is 5.50. The molecule has 0 aliphatic carbocycles. The monoisotopic (exact) mass is 262 g/mol. The molecule has 0 bridgehead atoms. The molecule has 0 aromatic carbocycles. The number of aliphatic hydroxyl groups excluding tert-OH is 1. The Labute approximate surface area is 112 Å². The van der Waals surface area contributed by atoms with Crippen LogP contribution in [-0.2, 0) is 6.61 Å². The maximum atomic E-state index is 9.16. The number of aliphatic hydroxyl groups is 1. The van der Waals surface area contributed by atoms with E-state index in [9.17, 15) is 0 Å². The summed E-state index contributed by atoms with van der Waals surface area (Å²) in [6.07, 6.45) is 0. The quantitative estimate of drug-likeness (QED) is 0.919. The van der Waals surface area contributed by atoms with Crippen LogP contribution in [0.3, 0.4) is 0 Å². The zero-order valence-corrected chi connectivity index (χ0v) is 11.7. The summed E-state index contributed by atoms with van der Waals surface area (Å²) in [6, 6.07) is 8.41. The van der Waals surface area contributed by atoms with Crippen molar-refractivity contribution in [2.75, 3.05) is 11.9 Å². The Morgan fingerprint density at radius 3 is 2.72 bits per heavy atom. The average molecular weight is 262 g/mol. The van der Waals surface area contributed by atoms with Crippen LogP contribution in [0.4, 0.5) is 5.82 Å². The lowest BCUT2D eigenvalue weighted by atomic mass is 10.2. The van der Waals surface area contributed by atoms with E-state index in [2.05, 4.69) is 34.3 Å². The Bertz CT molecular complexity index is 511. The molecular weight excluding hydrogens is 244 g/mol. The first-order valence-electron chi connectivity index (χ1n) is 5.97. The second-order valence-corrected chi connectivity index (χ2v) is 5.35. The van der Waals surface area contributed by atoms with Gasteiger partial charge in [-0.25, -0.2) is 4.98 Å². The highest BCUT2D eigenvalue weighted by atomic mass is 32.1. The SMILES string of the molecule is Cc1nc(N(C)C(C)c2cccs2)ccc1CO. The summed E-state index contributed by atoms with van der Waals surface area (Å²) in [4.78, 5) is 8.02. The number of pyridine rings is 1. The van der Waals surface area contributed by atoms with E-state index in [-0.39, 0.29) is 6.61 Å². The predicted octanol–water partition coefficient (Wildman–Crippen LogP) is 3.14. The van der Waals surface area contributed by atoms with Gasteiger partial charge in [-0.1, -0.05) is 12.1 Å². The van der Waals surface area contributed by atoms with Gasteiger partial charge in [-0.2, -0.15) is 0 Å². The largest absolute Gasteiger partial charge is 0.392 e. The Kier molecular flexibility index (Phi) is 3.99. The van der Waals surface area contributed by atoms with E-state index < -0.39 is 0 Å². The summed E-state index contributed by atoms with van der Waals surface area (Å²) >= 11 is 1.76. The van der Waals surface area contributed by atoms with Gasteiger partial charge in [0, 0.05) is 17.6 Å². The topological polar surface area (TPSA) is 36.4 Å². The molecule has 1 unspecified atom stereocenters. The average Bonchev–Trinajstić information content (AvgIpc) is 2.90. The summed E-state index contributed by atoms with van der Waals surface area (Å²) in [5, 5.41) is 11.2. The van der Waals surface area contributed by atoms with Crippen LogP contribution in [0.25, 0.3) is 0 Å². The van der Waals surface area contributed by atoms with Crippen molar-refractivity contribution in [3.8, 4) is 0 Å². The zero-order chi connectivity index (χ0) is 13.1. The van der Waals surface area contributed by atoms with Crippen molar-refractivity contribution in [3.05, 3.63) is 45.8 Å². The highest BCUT2D eigenvalue weighted by Crippen LogP contribution is 2.27. The van der Waals surface area contributed by atoms with Gasteiger partial charge in [0.1, 0.15) is 5.82 Å². The molecule has 1 atom stereocenters. The fourth-order valence-electron chi connectivity index (χ4n) is 1.86. The van der Waals surface area contributed by atoms with Crippen LogP contribution in [0.5, 0.6) is 0 Å². The molecule has 96 valence electrons. The Balaban J connectivity index is 2.23. The van der Waals surface area contributed by atoms with E-state index in [1.54, 1.807) is 11.3 Å². The van der Waals surface area contributed by atoms with Gasteiger partial charge >= 0.3 is 0 Å². The van der Waals surface area contributed by atoms with Crippen LogP contribution < -0.4 is 4.90 Å². The van der Waals surface area contributed by atoms with Gasteiger partial charge in [0.25, 0.3) is 0 Å². The molecule has 18 heavy (non-hydrogen) atoms. The molecule has 2 rings (SSSR count). The second-order valence-electron chi connectivity index (χ2n) is 4.37. The molecule has 2 aromatic rings. The van der Waals surface area contributed by atoms with Crippen LogP contribution in [0, 0.1) is 6.92 Å². The third kappa shape index (κ3) is 2.54. The smallest absolute Gasteiger partial charge is 0.129 e. The van der Waals surface area contributed by atoms with Crippen molar-refractivity contribution in [2.45, 2.75) is 26.5 Å². The van der Waals surface area contributed by atoms with Crippen molar-refractivity contribution in [3.63, 3.8) is 0 Å². The molecule has 2 aromatic heterocycles. The number of hydrogen-bond donors (Lipinski definition) is 1. The molecule has 0 aliphatic heterocycles. The minimum absolute atomic E-state index is 0.0449. The predicted molar refractivity (Wildman–Crippen MR) is 76.0 cm³/mol. The Morgan fingerprint density at radius 1 is 1.39 bits per heavy atom. The van der Waals surface area contributed by atoms with Crippen molar-refractivity contribution >= 4 is 17.2 Å². The van der Waals surface area contributed by atoms with Crippen LogP contribution in [-0.4, -0.2) is 17.1 Å². The third-order valence-corrected chi connectivity index (χ3v) is 4.29. The molecule has 2 heterocycles. The summed E-state index contributed by atoms with van der Waals surface area (Å²) in [6.45, 7) is 4.14. The van der Waals surface area contributed by atoms with E-state index >= 15 is 0 Å². The maximum absolute atomic E-state index is 9.16. The standard InChI is InChI=1S/C14H18N2OS/c1-10-12(9-17)6-7-14(15-10)16(3)11(2)13-5-4-8-18-13/h4-8,11,17H,9H2,1-3H3. The van der Waals surface area contributed by atoms with E-state index in [0.717, 1.165) is 17.1 Å².